The number of azo groups is 1. The first-order chi connectivity index (χ1) is 6.29. The number of amides is 2. The van der Waals surface area contributed by atoms with Gasteiger partial charge in [0, 0.05) is 0 Å². The largest absolute Gasteiger partial charge is 0.281 e. The topological polar surface area (TPSA) is 58.9 Å². The quantitative estimate of drug-likeness (QED) is 0.602. The SMILES string of the molecule is O=C1N=NC(=O)C1c1ccccc1. The fraction of sp³-hybridized carbons (Fsp3) is 0.111. The van der Waals surface area contributed by atoms with Crippen molar-refractivity contribution in [1.29, 1.82) is 0 Å². The highest BCUT2D eigenvalue weighted by molar-refractivity contribution is 6.09. The molecule has 0 unspecified atom stereocenters. The van der Waals surface area contributed by atoms with Crippen LogP contribution in [0.1, 0.15) is 11.5 Å². The Balaban J connectivity index is 2.38. The maximum atomic E-state index is 11.1. The van der Waals surface area contributed by atoms with Gasteiger partial charge in [0.25, 0.3) is 11.8 Å². The van der Waals surface area contributed by atoms with E-state index in [1.54, 1.807) is 24.3 Å². The number of hydrogen-bond donors (Lipinski definition) is 0. The minimum atomic E-state index is -0.804. The molecule has 0 bridgehead atoms. The van der Waals surface area contributed by atoms with Gasteiger partial charge < -0.3 is 0 Å². The Morgan fingerprint density at radius 2 is 1.46 bits per heavy atom. The van der Waals surface area contributed by atoms with Gasteiger partial charge in [-0.2, -0.15) is 0 Å². The van der Waals surface area contributed by atoms with Crippen molar-refractivity contribution < 1.29 is 9.59 Å². The molecule has 0 aromatic heterocycles. The molecule has 0 radical (unpaired) electrons. The molecule has 2 amide bonds. The summed E-state index contributed by atoms with van der Waals surface area (Å²) in [5, 5.41) is 6.42. The normalized spacial score (nSPS) is 16.9. The van der Waals surface area contributed by atoms with Crippen LogP contribution < -0.4 is 0 Å². The average Bonchev–Trinajstić information content (AvgIpc) is 2.48. The first-order valence-electron chi connectivity index (χ1n) is 3.83. The van der Waals surface area contributed by atoms with Gasteiger partial charge in [-0.3, -0.25) is 9.59 Å². The van der Waals surface area contributed by atoms with Crippen LogP contribution in [0.3, 0.4) is 0 Å². The maximum Gasteiger partial charge on any atom is 0.281 e. The summed E-state index contributed by atoms with van der Waals surface area (Å²) in [5.41, 5.74) is 0.655. The molecule has 0 N–H and O–H groups in total. The summed E-state index contributed by atoms with van der Waals surface area (Å²) in [6.07, 6.45) is 0. The Hall–Kier alpha value is -1.84. The van der Waals surface area contributed by atoms with Crippen molar-refractivity contribution in [3.8, 4) is 0 Å². The number of carbonyl (C=O) groups excluding carboxylic acids is 2. The van der Waals surface area contributed by atoms with Crippen LogP contribution in [0, 0.1) is 0 Å². The van der Waals surface area contributed by atoms with Crippen LogP contribution in [0.4, 0.5) is 0 Å². The third-order valence-electron chi connectivity index (χ3n) is 1.87. The van der Waals surface area contributed by atoms with E-state index in [1.807, 2.05) is 6.07 Å². The van der Waals surface area contributed by atoms with E-state index in [-0.39, 0.29) is 0 Å². The first kappa shape index (κ1) is 7.79. The number of hydrogen-bond acceptors (Lipinski definition) is 2. The van der Waals surface area contributed by atoms with Crippen molar-refractivity contribution in [2.75, 3.05) is 0 Å². The van der Waals surface area contributed by atoms with E-state index in [1.165, 1.54) is 0 Å². The summed E-state index contributed by atoms with van der Waals surface area (Å²) in [7, 11) is 0. The van der Waals surface area contributed by atoms with Crippen LogP contribution >= 0.6 is 0 Å². The first-order valence-corrected chi connectivity index (χ1v) is 3.83. The molecule has 1 heterocycles. The van der Waals surface area contributed by atoms with Crippen molar-refractivity contribution in [1.82, 2.24) is 0 Å². The molecular formula is C9H6N2O2. The number of carbonyl (C=O) groups is 2. The second-order valence-corrected chi connectivity index (χ2v) is 2.72. The Morgan fingerprint density at radius 1 is 0.923 bits per heavy atom. The zero-order valence-corrected chi connectivity index (χ0v) is 6.68. The Kier molecular flexibility index (Phi) is 1.73. The molecule has 1 aromatic rings. The van der Waals surface area contributed by atoms with E-state index >= 15 is 0 Å². The van der Waals surface area contributed by atoms with Gasteiger partial charge in [-0.05, 0) is 5.56 Å². The van der Waals surface area contributed by atoms with Crippen LogP contribution in [-0.2, 0) is 9.59 Å². The zero-order chi connectivity index (χ0) is 9.26. The van der Waals surface area contributed by atoms with Gasteiger partial charge in [0.05, 0.1) is 0 Å². The minimum Gasteiger partial charge on any atom is -0.270 e. The fourth-order valence-corrected chi connectivity index (χ4v) is 1.25. The summed E-state index contributed by atoms with van der Waals surface area (Å²) >= 11 is 0. The third kappa shape index (κ3) is 1.26. The van der Waals surface area contributed by atoms with Crippen LogP contribution in [0.25, 0.3) is 0 Å². The Morgan fingerprint density at radius 3 is 2.00 bits per heavy atom. The average molecular weight is 174 g/mol. The molecule has 0 fully saturated rings. The lowest BCUT2D eigenvalue weighted by Gasteiger charge is -2.02. The smallest absolute Gasteiger partial charge is 0.270 e. The molecule has 1 aromatic carbocycles. The molecule has 0 saturated heterocycles. The zero-order valence-electron chi connectivity index (χ0n) is 6.68. The maximum absolute atomic E-state index is 11.1. The van der Waals surface area contributed by atoms with Gasteiger partial charge in [0.15, 0.2) is 0 Å². The third-order valence-corrected chi connectivity index (χ3v) is 1.87. The highest BCUT2D eigenvalue weighted by Crippen LogP contribution is 2.23. The standard InChI is InChI=1S/C9H6N2O2/c12-8-7(9(13)11-10-8)6-4-2-1-3-5-6/h1-5,7H. The van der Waals surface area contributed by atoms with Crippen LogP contribution in [0.2, 0.25) is 0 Å². The van der Waals surface area contributed by atoms with Crippen LogP contribution in [0.5, 0.6) is 0 Å². The molecule has 64 valence electrons. The molecule has 13 heavy (non-hydrogen) atoms. The van der Waals surface area contributed by atoms with Gasteiger partial charge in [-0.15, -0.1) is 10.2 Å². The Labute approximate surface area is 74.3 Å². The molecular weight excluding hydrogens is 168 g/mol. The molecule has 4 nitrogen and oxygen atoms in total. The predicted molar refractivity (Wildman–Crippen MR) is 44.1 cm³/mol. The molecule has 4 heteroatoms. The van der Waals surface area contributed by atoms with Gasteiger partial charge in [0.2, 0.25) is 0 Å². The Bertz CT molecular complexity index is 366. The summed E-state index contributed by atoms with van der Waals surface area (Å²) in [5.74, 6) is -1.76. The van der Waals surface area contributed by atoms with Gasteiger partial charge >= 0.3 is 0 Å². The van der Waals surface area contributed by atoms with Gasteiger partial charge in [-0.1, -0.05) is 30.3 Å². The lowest BCUT2D eigenvalue weighted by molar-refractivity contribution is -0.124. The molecule has 0 spiro atoms. The summed E-state index contributed by atoms with van der Waals surface area (Å²) in [4.78, 5) is 22.2. The molecule has 2 rings (SSSR count). The number of benzene rings is 1. The highest BCUT2D eigenvalue weighted by atomic mass is 16.2. The van der Waals surface area contributed by atoms with Crippen molar-refractivity contribution >= 4 is 11.8 Å². The van der Waals surface area contributed by atoms with Crippen molar-refractivity contribution in [2.45, 2.75) is 5.92 Å². The van der Waals surface area contributed by atoms with E-state index in [0.717, 1.165) is 0 Å². The van der Waals surface area contributed by atoms with E-state index < -0.39 is 17.7 Å². The van der Waals surface area contributed by atoms with E-state index in [0.29, 0.717) is 5.56 Å². The predicted octanol–water partition coefficient (Wildman–Crippen LogP) is 1.29. The lowest BCUT2D eigenvalue weighted by Crippen LogP contribution is -2.12. The molecule has 0 atom stereocenters. The minimum absolute atomic E-state index is 0.476. The van der Waals surface area contributed by atoms with E-state index in [2.05, 4.69) is 10.2 Å². The number of rotatable bonds is 1. The van der Waals surface area contributed by atoms with E-state index in [9.17, 15) is 9.59 Å². The molecule has 0 saturated carbocycles. The van der Waals surface area contributed by atoms with Crippen molar-refractivity contribution in [2.24, 2.45) is 10.2 Å². The van der Waals surface area contributed by atoms with Crippen molar-refractivity contribution in [3.63, 3.8) is 0 Å². The highest BCUT2D eigenvalue weighted by Gasteiger charge is 2.33. The number of nitrogens with zero attached hydrogens (tertiary/aromatic N) is 2. The van der Waals surface area contributed by atoms with E-state index in [4.69, 9.17) is 0 Å². The lowest BCUT2D eigenvalue weighted by atomic mass is 9.99. The van der Waals surface area contributed by atoms with Crippen molar-refractivity contribution in [3.05, 3.63) is 35.9 Å². The second-order valence-electron chi connectivity index (χ2n) is 2.72. The second kappa shape index (κ2) is 2.90. The van der Waals surface area contributed by atoms with Crippen LogP contribution in [0.15, 0.2) is 40.6 Å². The monoisotopic (exact) mass is 174 g/mol. The molecule has 0 aliphatic carbocycles. The molecule has 1 aliphatic heterocycles. The fourth-order valence-electron chi connectivity index (χ4n) is 1.25. The summed E-state index contributed by atoms with van der Waals surface area (Å²) in [6, 6.07) is 8.80. The molecule has 1 aliphatic rings. The van der Waals surface area contributed by atoms with Gasteiger partial charge in [0.1, 0.15) is 5.92 Å². The summed E-state index contributed by atoms with van der Waals surface area (Å²) < 4.78 is 0. The van der Waals surface area contributed by atoms with Crippen LogP contribution in [-0.4, -0.2) is 11.8 Å². The van der Waals surface area contributed by atoms with Gasteiger partial charge in [-0.25, -0.2) is 0 Å². The summed E-state index contributed by atoms with van der Waals surface area (Å²) in [6.45, 7) is 0.